The Kier molecular flexibility index (Phi) is 8.22. The second-order valence-corrected chi connectivity index (χ2v) is 6.46. The van der Waals surface area contributed by atoms with Gasteiger partial charge in [-0.3, -0.25) is 4.99 Å². The number of hydrogen-bond donors (Lipinski definition) is 3. The van der Waals surface area contributed by atoms with Crippen LogP contribution in [-0.4, -0.2) is 24.7 Å². The minimum absolute atomic E-state index is 0.0320. The molecule has 0 amide bonds. The van der Waals surface area contributed by atoms with Crippen molar-refractivity contribution in [3.8, 4) is 5.75 Å². The first kappa shape index (κ1) is 22.1. The lowest BCUT2D eigenvalue weighted by Crippen LogP contribution is -2.36. The Hall–Kier alpha value is -2.16. The maximum atomic E-state index is 13.4. The molecule has 5 nitrogen and oxygen atoms in total. The Bertz CT molecular complexity index is 851. The van der Waals surface area contributed by atoms with Gasteiger partial charge in [-0.1, -0.05) is 29.3 Å². The first-order valence-electron chi connectivity index (χ1n) is 8.09. The minimum atomic E-state index is -3.03. The van der Waals surface area contributed by atoms with Crippen LogP contribution < -0.4 is 15.4 Å². The van der Waals surface area contributed by atoms with Crippen LogP contribution in [0.1, 0.15) is 16.7 Å². The number of ether oxygens (including phenoxy) is 1. The lowest BCUT2D eigenvalue weighted by atomic mass is 10.1. The molecule has 10 heteroatoms. The lowest BCUT2D eigenvalue weighted by Gasteiger charge is -2.16. The standard InChI is InChI=1S/C18H18Cl2F3N3O2/c1-24-18(25-7-10-2-3-15(21)12(4-10)9-27)26-8-11-5-13(19)6-14(20)16(11)28-17(22)23/h2-6,17,27H,7-9H2,1H3,(H2,24,25,26). The third-order valence-corrected chi connectivity index (χ3v) is 4.20. The van der Waals surface area contributed by atoms with E-state index in [-0.39, 0.29) is 27.9 Å². The highest BCUT2D eigenvalue weighted by molar-refractivity contribution is 6.35. The average molecular weight is 436 g/mol. The molecular weight excluding hydrogens is 418 g/mol. The molecule has 0 saturated heterocycles. The van der Waals surface area contributed by atoms with Crippen molar-refractivity contribution >= 4 is 29.2 Å². The Morgan fingerprint density at radius 2 is 1.86 bits per heavy atom. The van der Waals surface area contributed by atoms with E-state index in [0.717, 1.165) is 5.56 Å². The van der Waals surface area contributed by atoms with Crippen molar-refractivity contribution in [2.45, 2.75) is 26.3 Å². The molecule has 0 atom stereocenters. The molecule has 0 aliphatic heterocycles. The predicted octanol–water partition coefficient (Wildman–Crippen LogP) is 4.09. The fraction of sp³-hybridized carbons (Fsp3) is 0.278. The molecule has 2 aromatic rings. The van der Waals surface area contributed by atoms with Gasteiger partial charge in [-0.2, -0.15) is 8.78 Å². The summed E-state index contributed by atoms with van der Waals surface area (Å²) in [5, 5.41) is 15.3. The van der Waals surface area contributed by atoms with Crippen LogP contribution >= 0.6 is 23.2 Å². The topological polar surface area (TPSA) is 65.9 Å². The van der Waals surface area contributed by atoms with Gasteiger partial charge in [-0.25, -0.2) is 4.39 Å². The number of rotatable bonds is 7. The Morgan fingerprint density at radius 1 is 1.14 bits per heavy atom. The van der Waals surface area contributed by atoms with Gasteiger partial charge >= 0.3 is 6.61 Å². The normalized spacial score (nSPS) is 11.6. The average Bonchev–Trinajstić information content (AvgIpc) is 2.65. The molecule has 0 radical (unpaired) electrons. The van der Waals surface area contributed by atoms with Crippen LogP contribution in [0.15, 0.2) is 35.3 Å². The Labute approximate surface area is 170 Å². The van der Waals surface area contributed by atoms with Gasteiger partial charge in [0.15, 0.2) is 5.96 Å². The molecule has 3 N–H and O–H groups in total. The Balaban J connectivity index is 2.04. The summed E-state index contributed by atoms with van der Waals surface area (Å²) in [6.45, 7) is -3.08. The summed E-state index contributed by atoms with van der Waals surface area (Å²) in [4.78, 5) is 4.03. The number of halogens is 5. The van der Waals surface area contributed by atoms with E-state index in [1.807, 2.05) is 0 Å². The zero-order valence-electron chi connectivity index (χ0n) is 14.8. The molecule has 0 heterocycles. The van der Waals surface area contributed by atoms with Crippen molar-refractivity contribution in [1.29, 1.82) is 0 Å². The number of aliphatic imine (C=N–C) groups is 1. The van der Waals surface area contributed by atoms with Crippen molar-refractivity contribution in [1.82, 2.24) is 10.6 Å². The largest absolute Gasteiger partial charge is 0.433 e. The maximum absolute atomic E-state index is 13.4. The molecule has 0 aliphatic carbocycles. The number of aliphatic hydroxyl groups is 1. The number of guanidine groups is 1. The van der Waals surface area contributed by atoms with Gasteiger partial charge < -0.3 is 20.5 Å². The molecule has 152 valence electrons. The third-order valence-electron chi connectivity index (χ3n) is 3.70. The van der Waals surface area contributed by atoms with E-state index in [9.17, 15) is 13.2 Å². The van der Waals surface area contributed by atoms with Crippen LogP contribution in [0.5, 0.6) is 5.75 Å². The van der Waals surface area contributed by atoms with E-state index in [2.05, 4.69) is 20.4 Å². The van der Waals surface area contributed by atoms with Crippen molar-refractivity contribution in [3.63, 3.8) is 0 Å². The molecule has 0 saturated carbocycles. The van der Waals surface area contributed by atoms with E-state index in [1.54, 1.807) is 6.07 Å². The number of aliphatic hydroxyl groups excluding tert-OH is 1. The smallest absolute Gasteiger partial charge is 0.387 e. The summed E-state index contributed by atoms with van der Waals surface area (Å²) >= 11 is 11.9. The van der Waals surface area contributed by atoms with Crippen molar-refractivity contribution in [3.05, 3.63) is 62.9 Å². The summed E-state index contributed by atoms with van der Waals surface area (Å²) < 4.78 is 43.2. The molecule has 0 spiro atoms. The van der Waals surface area contributed by atoms with Gasteiger partial charge in [0.25, 0.3) is 0 Å². The van der Waals surface area contributed by atoms with Gasteiger partial charge in [0.1, 0.15) is 11.6 Å². The van der Waals surface area contributed by atoms with E-state index < -0.39 is 19.0 Å². The summed E-state index contributed by atoms with van der Waals surface area (Å²) in [5.41, 5.74) is 1.23. The first-order valence-corrected chi connectivity index (χ1v) is 8.85. The quantitative estimate of drug-likeness (QED) is 0.452. The molecule has 0 aliphatic rings. The zero-order valence-corrected chi connectivity index (χ0v) is 16.3. The Morgan fingerprint density at radius 3 is 2.50 bits per heavy atom. The van der Waals surface area contributed by atoms with Crippen molar-refractivity contribution in [2.75, 3.05) is 7.05 Å². The van der Waals surface area contributed by atoms with Gasteiger partial charge in [-0.05, 0) is 29.8 Å². The zero-order chi connectivity index (χ0) is 20.7. The van der Waals surface area contributed by atoms with E-state index in [1.165, 1.54) is 31.3 Å². The number of nitrogens with one attached hydrogen (secondary N) is 2. The minimum Gasteiger partial charge on any atom is -0.433 e. The highest BCUT2D eigenvalue weighted by Gasteiger charge is 2.15. The van der Waals surface area contributed by atoms with Crippen molar-refractivity contribution < 1.29 is 23.0 Å². The number of nitrogens with zero attached hydrogens (tertiary/aromatic N) is 1. The number of alkyl halides is 2. The van der Waals surface area contributed by atoms with Crippen LogP contribution in [-0.2, 0) is 19.7 Å². The van der Waals surface area contributed by atoms with Crippen LogP contribution in [0.25, 0.3) is 0 Å². The van der Waals surface area contributed by atoms with Gasteiger partial charge in [-0.15, -0.1) is 0 Å². The summed E-state index contributed by atoms with van der Waals surface area (Å²) in [5.74, 6) is -0.303. The fourth-order valence-corrected chi connectivity index (χ4v) is 2.99. The highest BCUT2D eigenvalue weighted by Crippen LogP contribution is 2.33. The van der Waals surface area contributed by atoms with Crippen LogP contribution in [0.3, 0.4) is 0 Å². The molecule has 0 bridgehead atoms. The van der Waals surface area contributed by atoms with Crippen LogP contribution in [0.4, 0.5) is 13.2 Å². The molecule has 28 heavy (non-hydrogen) atoms. The van der Waals surface area contributed by atoms with Gasteiger partial charge in [0.2, 0.25) is 0 Å². The molecule has 2 aromatic carbocycles. The van der Waals surface area contributed by atoms with Crippen LogP contribution in [0, 0.1) is 5.82 Å². The fourth-order valence-electron chi connectivity index (χ4n) is 2.41. The molecule has 2 rings (SSSR count). The third kappa shape index (κ3) is 6.19. The molecule has 0 unspecified atom stereocenters. The van der Waals surface area contributed by atoms with Crippen LogP contribution in [0.2, 0.25) is 10.0 Å². The number of hydrogen-bond acceptors (Lipinski definition) is 3. The van der Waals surface area contributed by atoms with E-state index >= 15 is 0 Å². The maximum Gasteiger partial charge on any atom is 0.387 e. The summed E-state index contributed by atoms with van der Waals surface area (Å²) in [6, 6.07) is 7.13. The summed E-state index contributed by atoms with van der Waals surface area (Å²) in [7, 11) is 1.53. The van der Waals surface area contributed by atoms with Gasteiger partial charge in [0, 0.05) is 36.3 Å². The SMILES string of the molecule is CN=C(NCc1ccc(F)c(CO)c1)NCc1cc(Cl)cc(Cl)c1OC(F)F. The van der Waals surface area contributed by atoms with Crippen molar-refractivity contribution in [2.24, 2.45) is 4.99 Å². The highest BCUT2D eigenvalue weighted by atomic mass is 35.5. The van der Waals surface area contributed by atoms with E-state index in [0.29, 0.717) is 18.1 Å². The molecule has 0 aromatic heterocycles. The molecular formula is C18H18Cl2F3N3O2. The van der Waals surface area contributed by atoms with Gasteiger partial charge in [0.05, 0.1) is 11.6 Å². The van der Waals surface area contributed by atoms with E-state index in [4.69, 9.17) is 28.3 Å². The predicted molar refractivity (Wildman–Crippen MR) is 102 cm³/mol. The summed E-state index contributed by atoms with van der Waals surface area (Å²) in [6.07, 6.45) is 0. The monoisotopic (exact) mass is 435 g/mol. The molecule has 0 fully saturated rings. The second kappa shape index (κ2) is 10.4. The number of benzene rings is 2. The first-order chi connectivity index (χ1) is 13.3. The second-order valence-electron chi connectivity index (χ2n) is 5.62. The lowest BCUT2D eigenvalue weighted by molar-refractivity contribution is -0.0504.